The van der Waals surface area contributed by atoms with E-state index in [9.17, 15) is 47.9 Å². The molecular formula is C56H68N12O15. The average molecular weight is 1150 g/mol. The predicted octanol–water partition coefficient (Wildman–Crippen LogP) is 2.52. The van der Waals surface area contributed by atoms with Gasteiger partial charge in [0.2, 0.25) is 17.7 Å². The Hall–Kier alpha value is -9.37. The molecule has 1 aromatic carbocycles. The van der Waals surface area contributed by atoms with Crippen molar-refractivity contribution in [3.05, 3.63) is 95.9 Å². The number of aryl methyl sites for hydroxylation is 3. The van der Waals surface area contributed by atoms with Crippen molar-refractivity contribution >= 4 is 88.1 Å². The average Bonchev–Trinajstić information content (AvgIpc) is 4.29. The van der Waals surface area contributed by atoms with Gasteiger partial charge >= 0.3 is 5.97 Å². The van der Waals surface area contributed by atoms with Crippen LogP contribution in [0.1, 0.15) is 87.3 Å². The summed E-state index contributed by atoms with van der Waals surface area (Å²) in [6.45, 7) is 7.14. The van der Waals surface area contributed by atoms with Gasteiger partial charge in [-0.05, 0) is 50.5 Å². The van der Waals surface area contributed by atoms with E-state index in [4.69, 9.17) is 23.7 Å². The minimum atomic E-state index is -0.935. The van der Waals surface area contributed by atoms with Crippen LogP contribution in [-0.4, -0.2) is 174 Å². The molecule has 83 heavy (non-hydrogen) atoms. The number of ether oxygens (including phenoxy) is 5. The Morgan fingerprint density at radius 2 is 1.28 bits per heavy atom. The number of aromatic nitrogens is 3. The maximum Gasteiger partial charge on any atom is 0.328 e. The number of aliphatic imine (C=N–C) groups is 1. The monoisotopic (exact) mass is 1150 g/mol. The molecule has 27 heteroatoms. The number of nitrogens with one attached hydrogen (secondary N) is 6. The molecule has 27 nitrogen and oxygen atoms in total. The van der Waals surface area contributed by atoms with Crippen molar-refractivity contribution in [3.63, 3.8) is 0 Å². The summed E-state index contributed by atoms with van der Waals surface area (Å²) in [7, 11) is 6.41. The van der Waals surface area contributed by atoms with Gasteiger partial charge in [0.05, 0.1) is 81.1 Å². The Bertz CT molecular complexity index is 3190. The number of rotatable bonds is 30. The zero-order chi connectivity index (χ0) is 59.7. The molecule has 0 saturated carbocycles. The minimum Gasteiger partial charge on any atom is -0.493 e. The number of hydrogen-bond acceptors (Lipinski definition) is 16. The van der Waals surface area contributed by atoms with Crippen LogP contribution in [0.4, 0.5) is 22.7 Å². The van der Waals surface area contributed by atoms with Gasteiger partial charge in [0, 0.05) is 110 Å². The fourth-order valence-electron chi connectivity index (χ4n) is 8.95. The fourth-order valence-corrected chi connectivity index (χ4v) is 8.95. The molecule has 0 spiro atoms. The second-order valence-corrected chi connectivity index (χ2v) is 19.6. The Morgan fingerprint density at radius 1 is 0.663 bits per heavy atom. The summed E-state index contributed by atoms with van der Waals surface area (Å²) in [5.41, 5.74) is 3.58. The van der Waals surface area contributed by atoms with E-state index in [1.165, 1.54) is 41.4 Å². The predicted molar refractivity (Wildman–Crippen MR) is 300 cm³/mol. The Balaban J connectivity index is 0.742. The summed E-state index contributed by atoms with van der Waals surface area (Å²) in [6.07, 6.45) is 10.1. The Kier molecular flexibility index (Phi) is 21.3. The van der Waals surface area contributed by atoms with E-state index in [1.807, 2.05) is 0 Å². The lowest BCUT2D eigenvalue weighted by molar-refractivity contribution is -0.147. The van der Waals surface area contributed by atoms with Crippen LogP contribution >= 0.6 is 0 Å². The maximum atomic E-state index is 13.4. The van der Waals surface area contributed by atoms with Crippen LogP contribution in [0.2, 0.25) is 0 Å². The third kappa shape index (κ3) is 16.9. The Labute approximate surface area is 477 Å². The van der Waals surface area contributed by atoms with Gasteiger partial charge in [0.25, 0.3) is 35.4 Å². The van der Waals surface area contributed by atoms with Crippen molar-refractivity contribution in [1.82, 2.24) is 39.5 Å². The number of imide groups is 1. The first kappa shape index (κ1) is 61.3. The molecule has 0 radical (unpaired) electrons. The van der Waals surface area contributed by atoms with E-state index in [1.54, 1.807) is 67.5 Å². The lowest BCUT2D eigenvalue weighted by Crippen LogP contribution is -2.40. The zero-order valence-corrected chi connectivity index (χ0v) is 46.8. The first-order valence-electron chi connectivity index (χ1n) is 26.8. The quantitative estimate of drug-likeness (QED) is 0.0189. The summed E-state index contributed by atoms with van der Waals surface area (Å²) < 4.78 is 32.2. The van der Waals surface area contributed by atoms with Gasteiger partial charge in [-0.2, -0.15) is 0 Å². The molecule has 0 aliphatic carbocycles. The van der Waals surface area contributed by atoms with Gasteiger partial charge in [-0.1, -0.05) is 12.2 Å². The number of carbonyl (C=O) groups excluding carboxylic acids is 10. The lowest BCUT2D eigenvalue weighted by Gasteiger charge is -2.20. The SMILES string of the molecule is C=C1C[C@@H]2C=Nc3cc(OCCCC(=O)Nc4cc(C(=O)Nc5cc(C(=O)Nc6cc(C(=O)NCCCOC(=O)C(C)NC(=O)CCOCCOCCNC(=O)CCN7C(=O)C=CC7=O)n(C)c6)n(C)c5)n(C)c4)c(OC)cc3C(=O)N2C1. The number of benzene rings is 1. The van der Waals surface area contributed by atoms with Crippen LogP contribution in [-0.2, 0) is 64.1 Å². The van der Waals surface area contributed by atoms with Gasteiger partial charge in [-0.3, -0.25) is 53.0 Å². The molecule has 442 valence electrons. The largest absolute Gasteiger partial charge is 0.493 e. The van der Waals surface area contributed by atoms with E-state index in [-0.39, 0.29) is 126 Å². The third-order valence-electron chi connectivity index (χ3n) is 13.2. The highest BCUT2D eigenvalue weighted by atomic mass is 16.5. The molecule has 3 aliphatic rings. The topological polar surface area (TPSA) is 323 Å². The zero-order valence-electron chi connectivity index (χ0n) is 46.8. The first-order valence-corrected chi connectivity index (χ1v) is 26.8. The molecule has 0 bridgehead atoms. The van der Waals surface area contributed by atoms with Gasteiger partial charge < -0.3 is 74.2 Å². The number of amides is 9. The number of nitrogens with zero attached hydrogens (tertiary/aromatic N) is 6. The van der Waals surface area contributed by atoms with E-state index in [0.717, 1.165) is 22.6 Å². The molecule has 1 saturated heterocycles. The van der Waals surface area contributed by atoms with Gasteiger partial charge in [-0.15, -0.1) is 0 Å². The maximum absolute atomic E-state index is 13.4. The molecule has 9 amide bonds. The summed E-state index contributed by atoms with van der Waals surface area (Å²) in [6, 6.07) is 6.71. The molecule has 3 aromatic heterocycles. The smallest absolute Gasteiger partial charge is 0.328 e. The minimum absolute atomic E-state index is 0.00858. The van der Waals surface area contributed by atoms with Gasteiger partial charge in [0.15, 0.2) is 11.5 Å². The molecule has 6 N–H and O–H groups in total. The Morgan fingerprint density at radius 3 is 1.92 bits per heavy atom. The third-order valence-corrected chi connectivity index (χ3v) is 13.2. The molecule has 1 unspecified atom stereocenters. The van der Waals surface area contributed by atoms with Crippen LogP contribution in [0.5, 0.6) is 11.5 Å². The van der Waals surface area contributed by atoms with Gasteiger partial charge in [-0.25, -0.2) is 4.79 Å². The number of esters is 1. The number of carbonyl (C=O) groups is 10. The van der Waals surface area contributed by atoms with Crippen molar-refractivity contribution in [2.75, 3.05) is 88.9 Å². The number of hydrogen-bond donors (Lipinski definition) is 6. The molecule has 2 atom stereocenters. The molecule has 1 fully saturated rings. The van der Waals surface area contributed by atoms with E-state index >= 15 is 0 Å². The number of anilines is 3. The van der Waals surface area contributed by atoms with Crippen molar-refractivity contribution in [2.45, 2.75) is 57.5 Å². The number of methoxy groups -OCH3 is 1. The van der Waals surface area contributed by atoms with Crippen molar-refractivity contribution in [2.24, 2.45) is 26.1 Å². The van der Waals surface area contributed by atoms with Crippen molar-refractivity contribution in [1.29, 1.82) is 0 Å². The summed E-state index contributed by atoms with van der Waals surface area (Å²) >= 11 is 0. The second-order valence-electron chi connectivity index (χ2n) is 19.6. The van der Waals surface area contributed by atoms with Crippen LogP contribution in [0, 0.1) is 0 Å². The fraction of sp³-hybridized carbons (Fsp3) is 0.411. The standard InChI is InChI=1S/C56H68N12O15/c1-34-23-39-29-59-41-28-46(45(79-6)27-40(41)55(77)68(39)30-34)82-17-7-9-48(70)61-36-24-43(65(4)31-36)53(75)63-38-26-44(66(5)33-38)54(76)62-37-25-42(64(3)32-37)52(74)58-14-8-18-83-56(78)35(2)60-49(71)13-19-80-21-22-81-20-15-57-47(69)12-16-67-50(72)10-11-51(67)73/h10-11,24-29,31-33,35,39H,1,7-9,12-23,30H2,2-6H3,(H,57,69)(H,58,74)(H,60,71)(H,61,70)(H,62,76)(H,63,75)/t35?,39-/m1/s1. The normalized spacial score (nSPS) is 14.6. The highest BCUT2D eigenvalue weighted by Gasteiger charge is 2.34. The first-order chi connectivity index (χ1) is 39.8. The van der Waals surface area contributed by atoms with Crippen molar-refractivity contribution < 1.29 is 71.6 Å². The second kappa shape index (κ2) is 28.9. The van der Waals surface area contributed by atoms with Crippen LogP contribution in [0.25, 0.3) is 0 Å². The molecule has 6 heterocycles. The highest BCUT2D eigenvalue weighted by Crippen LogP contribution is 2.38. The summed E-state index contributed by atoms with van der Waals surface area (Å²) in [5.74, 6) is -3.47. The van der Waals surface area contributed by atoms with Crippen LogP contribution in [0.15, 0.2) is 78.2 Å². The molecule has 4 aromatic rings. The van der Waals surface area contributed by atoms with Crippen molar-refractivity contribution in [3.8, 4) is 11.5 Å². The lowest BCUT2D eigenvalue weighted by atomic mass is 10.1. The number of fused-ring (bicyclic) bond motifs is 2. The summed E-state index contributed by atoms with van der Waals surface area (Å²) in [4.78, 5) is 133. The van der Waals surface area contributed by atoms with E-state index in [0.29, 0.717) is 59.2 Å². The highest BCUT2D eigenvalue weighted by molar-refractivity contribution is 6.13. The molecular weight excluding hydrogens is 1080 g/mol. The van der Waals surface area contributed by atoms with Crippen LogP contribution in [0.3, 0.4) is 0 Å². The van der Waals surface area contributed by atoms with E-state index < -0.39 is 47.5 Å². The molecule has 3 aliphatic heterocycles. The van der Waals surface area contributed by atoms with Crippen LogP contribution < -0.4 is 41.4 Å². The van der Waals surface area contributed by atoms with E-state index in [2.05, 4.69) is 43.5 Å². The summed E-state index contributed by atoms with van der Waals surface area (Å²) in [5, 5.41) is 16.3. The molecule has 7 rings (SSSR count). The van der Waals surface area contributed by atoms with Gasteiger partial charge in [0.1, 0.15) is 23.1 Å².